The van der Waals surface area contributed by atoms with Crippen molar-refractivity contribution in [3.63, 3.8) is 0 Å². The average molecular weight is 401 g/mol. The van der Waals surface area contributed by atoms with Crippen LogP contribution in [0.4, 0.5) is 20.6 Å². The molecule has 0 aliphatic heterocycles. The Morgan fingerprint density at radius 2 is 1.73 bits per heavy atom. The summed E-state index contributed by atoms with van der Waals surface area (Å²) in [5.74, 6) is 0.182. The lowest BCUT2D eigenvalue weighted by Gasteiger charge is -2.13. The van der Waals surface area contributed by atoms with Gasteiger partial charge in [-0.3, -0.25) is 0 Å². The van der Waals surface area contributed by atoms with Crippen molar-refractivity contribution in [1.29, 1.82) is 0 Å². The van der Waals surface area contributed by atoms with Crippen LogP contribution in [0, 0.1) is 5.82 Å². The first-order valence-electron chi connectivity index (χ1n) is 9.59. The Balaban J connectivity index is 1.64. The van der Waals surface area contributed by atoms with E-state index < -0.39 is 11.8 Å². The first-order valence-corrected chi connectivity index (χ1v) is 9.59. The zero-order valence-electron chi connectivity index (χ0n) is 16.4. The maximum absolute atomic E-state index is 13.7. The number of aromatic nitrogens is 1. The van der Waals surface area contributed by atoms with E-state index in [1.54, 1.807) is 24.3 Å². The van der Waals surface area contributed by atoms with Gasteiger partial charge in [0.15, 0.2) is 0 Å². The van der Waals surface area contributed by atoms with Gasteiger partial charge in [0.05, 0.1) is 23.5 Å². The van der Waals surface area contributed by atoms with Gasteiger partial charge in [-0.05, 0) is 37.3 Å². The van der Waals surface area contributed by atoms with Gasteiger partial charge in [-0.1, -0.05) is 42.5 Å². The second-order valence-electron chi connectivity index (χ2n) is 6.60. The van der Waals surface area contributed by atoms with E-state index in [1.807, 2.05) is 49.4 Å². The van der Waals surface area contributed by atoms with E-state index in [2.05, 4.69) is 10.6 Å². The van der Waals surface area contributed by atoms with Crippen molar-refractivity contribution in [1.82, 2.24) is 4.98 Å². The highest BCUT2D eigenvalue weighted by Gasteiger charge is 2.11. The number of carbonyl (C=O) groups excluding carboxylic acids is 1. The lowest BCUT2D eigenvalue weighted by Crippen LogP contribution is -2.20. The van der Waals surface area contributed by atoms with Gasteiger partial charge in [-0.2, -0.15) is 0 Å². The number of carbonyl (C=O) groups is 1. The highest BCUT2D eigenvalue weighted by atomic mass is 19.1. The summed E-state index contributed by atoms with van der Waals surface area (Å²) in [6, 6.07) is 22.6. The number of fused-ring (bicyclic) bond motifs is 1. The molecule has 0 saturated heterocycles. The number of ether oxygens (including phenoxy) is 1. The predicted molar refractivity (Wildman–Crippen MR) is 117 cm³/mol. The molecule has 5 nitrogen and oxygen atoms in total. The van der Waals surface area contributed by atoms with Crippen LogP contribution in [0.5, 0.6) is 5.75 Å². The Bertz CT molecular complexity index is 1200. The number of hydrogen-bond donors (Lipinski definition) is 2. The van der Waals surface area contributed by atoms with Crippen LogP contribution in [0.25, 0.3) is 22.2 Å². The second kappa shape index (κ2) is 8.61. The molecule has 0 fully saturated rings. The highest BCUT2D eigenvalue weighted by Crippen LogP contribution is 2.32. The van der Waals surface area contributed by atoms with Crippen LogP contribution >= 0.6 is 0 Å². The van der Waals surface area contributed by atoms with Crippen molar-refractivity contribution in [3.8, 4) is 17.0 Å². The number of rotatable bonds is 5. The number of benzene rings is 3. The van der Waals surface area contributed by atoms with E-state index in [-0.39, 0.29) is 5.69 Å². The summed E-state index contributed by atoms with van der Waals surface area (Å²) in [6.45, 7) is 2.41. The summed E-state index contributed by atoms with van der Waals surface area (Å²) in [7, 11) is 0. The number of amides is 2. The SMILES string of the molecule is CCOc1cc(-c2ccccc2)nc2ccc(NC(=O)Nc3ccccc3F)cc12. The van der Waals surface area contributed by atoms with Crippen LogP contribution in [-0.2, 0) is 0 Å². The molecule has 0 radical (unpaired) electrons. The lowest BCUT2D eigenvalue weighted by atomic mass is 10.1. The molecule has 1 heterocycles. The number of hydrogen-bond acceptors (Lipinski definition) is 3. The Kier molecular flexibility index (Phi) is 5.57. The lowest BCUT2D eigenvalue weighted by molar-refractivity contribution is 0.262. The van der Waals surface area contributed by atoms with E-state index in [1.165, 1.54) is 12.1 Å². The largest absolute Gasteiger partial charge is 0.493 e. The average Bonchev–Trinajstić information content (AvgIpc) is 2.76. The maximum atomic E-state index is 13.7. The van der Waals surface area contributed by atoms with Crippen LogP contribution in [0.15, 0.2) is 78.9 Å². The first kappa shape index (κ1) is 19.4. The smallest absolute Gasteiger partial charge is 0.323 e. The van der Waals surface area contributed by atoms with Crippen LogP contribution in [0.1, 0.15) is 6.92 Å². The van der Waals surface area contributed by atoms with E-state index in [0.717, 1.165) is 22.2 Å². The Hall–Kier alpha value is -3.93. The Labute approximate surface area is 173 Å². The fourth-order valence-corrected chi connectivity index (χ4v) is 3.15. The molecular weight excluding hydrogens is 381 g/mol. The molecule has 150 valence electrons. The Morgan fingerprint density at radius 1 is 0.967 bits per heavy atom. The first-order chi connectivity index (χ1) is 14.6. The zero-order chi connectivity index (χ0) is 20.9. The van der Waals surface area contributed by atoms with Crippen LogP contribution in [0.3, 0.4) is 0 Å². The van der Waals surface area contributed by atoms with E-state index in [4.69, 9.17) is 9.72 Å². The number of para-hydroxylation sites is 1. The predicted octanol–water partition coefficient (Wildman–Crippen LogP) is 6.08. The molecule has 0 aliphatic carbocycles. The molecule has 0 atom stereocenters. The summed E-state index contributed by atoms with van der Waals surface area (Å²) in [5, 5.41) is 6.01. The van der Waals surface area contributed by atoms with E-state index in [9.17, 15) is 9.18 Å². The molecule has 2 N–H and O–H groups in total. The topological polar surface area (TPSA) is 63.2 Å². The minimum Gasteiger partial charge on any atom is -0.493 e. The molecule has 4 aromatic rings. The number of anilines is 2. The molecule has 0 saturated carbocycles. The van der Waals surface area contributed by atoms with E-state index in [0.29, 0.717) is 18.0 Å². The minimum absolute atomic E-state index is 0.111. The van der Waals surface area contributed by atoms with Gasteiger partial charge in [0.25, 0.3) is 0 Å². The van der Waals surface area contributed by atoms with Gasteiger partial charge in [0, 0.05) is 22.7 Å². The van der Waals surface area contributed by atoms with Gasteiger partial charge in [0.2, 0.25) is 0 Å². The molecule has 0 bridgehead atoms. The fourth-order valence-electron chi connectivity index (χ4n) is 3.15. The summed E-state index contributed by atoms with van der Waals surface area (Å²) >= 11 is 0. The summed E-state index contributed by atoms with van der Waals surface area (Å²) in [4.78, 5) is 17.0. The number of pyridine rings is 1. The van der Waals surface area contributed by atoms with Gasteiger partial charge in [-0.25, -0.2) is 14.2 Å². The molecule has 0 unspecified atom stereocenters. The van der Waals surface area contributed by atoms with Crippen molar-refractivity contribution in [3.05, 3.63) is 84.7 Å². The standard InChI is InChI=1S/C24H20FN3O2/c1-2-30-23-15-22(16-8-4-3-5-9-16)27-20-13-12-17(14-18(20)23)26-24(29)28-21-11-7-6-10-19(21)25/h3-15H,2H2,1H3,(H2,26,28,29). The number of urea groups is 1. The fraction of sp³-hybridized carbons (Fsp3) is 0.0833. The number of nitrogens with zero attached hydrogens (tertiary/aromatic N) is 1. The molecule has 3 aromatic carbocycles. The van der Waals surface area contributed by atoms with Crippen LogP contribution < -0.4 is 15.4 Å². The third-order valence-electron chi connectivity index (χ3n) is 4.52. The number of halogens is 1. The van der Waals surface area contributed by atoms with Gasteiger partial charge in [-0.15, -0.1) is 0 Å². The quantitative estimate of drug-likeness (QED) is 0.426. The zero-order valence-corrected chi connectivity index (χ0v) is 16.4. The maximum Gasteiger partial charge on any atom is 0.323 e. The van der Waals surface area contributed by atoms with Crippen molar-refractivity contribution in [2.24, 2.45) is 0 Å². The van der Waals surface area contributed by atoms with Crippen molar-refractivity contribution in [2.45, 2.75) is 6.92 Å². The molecule has 2 amide bonds. The normalized spacial score (nSPS) is 10.6. The minimum atomic E-state index is -0.536. The Morgan fingerprint density at radius 3 is 2.50 bits per heavy atom. The molecule has 30 heavy (non-hydrogen) atoms. The monoisotopic (exact) mass is 401 g/mol. The third-order valence-corrected chi connectivity index (χ3v) is 4.52. The highest BCUT2D eigenvalue weighted by molar-refractivity contribution is 6.01. The van der Waals surface area contributed by atoms with Gasteiger partial charge >= 0.3 is 6.03 Å². The summed E-state index contributed by atoms with van der Waals surface area (Å²) < 4.78 is 19.6. The molecule has 0 aliphatic rings. The number of nitrogens with one attached hydrogen (secondary N) is 2. The molecule has 0 spiro atoms. The van der Waals surface area contributed by atoms with Crippen molar-refractivity contribution < 1.29 is 13.9 Å². The van der Waals surface area contributed by atoms with Gasteiger partial charge in [0.1, 0.15) is 11.6 Å². The van der Waals surface area contributed by atoms with Crippen molar-refractivity contribution >= 4 is 28.3 Å². The summed E-state index contributed by atoms with van der Waals surface area (Å²) in [6.07, 6.45) is 0. The van der Waals surface area contributed by atoms with Crippen molar-refractivity contribution in [2.75, 3.05) is 17.2 Å². The second-order valence-corrected chi connectivity index (χ2v) is 6.60. The van der Waals surface area contributed by atoms with E-state index >= 15 is 0 Å². The van der Waals surface area contributed by atoms with Crippen LogP contribution in [0.2, 0.25) is 0 Å². The summed E-state index contributed by atoms with van der Waals surface area (Å²) in [5.41, 5.74) is 3.21. The van der Waals surface area contributed by atoms with Crippen LogP contribution in [-0.4, -0.2) is 17.6 Å². The molecular formula is C24H20FN3O2. The van der Waals surface area contributed by atoms with Gasteiger partial charge < -0.3 is 15.4 Å². The molecule has 1 aromatic heterocycles. The molecule has 6 heteroatoms. The third kappa shape index (κ3) is 4.22. The molecule has 4 rings (SSSR count).